The summed E-state index contributed by atoms with van der Waals surface area (Å²) in [5.74, 6) is 0.363. The smallest absolute Gasteiger partial charge is 0.352 e. The van der Waals surface area contributed by atoms with E-state index in [0.29, 0.717) is 6.10 Å². The molecule has 0 spiro atoms. The molecule has 5 rings (SSSR count). The Bertz CT molecular complexity index is 1360. The van der Waals surface area contributed by atoms with Crippen molar-refractivity contribution in [3.8, 4) is 16.9 Å². The minimum atomic E-state index is -0.763. The van der Waals surface area contributed by atoms with Crippen LogP contribution in [-0.4, -0.2) is 39.1 Å². The lowest BCUT2D eigenvalue weighted by molar-refractivity contribution is -0.137. The zero-order chi connectivity index (χ0) is 23.1. The molecule has 0 radical (unpaired) electrons. The van der Waals surface area contributed by atoms with Crippen molar-refractivity contribution < 1.29 is 14.3 Å². The SMILES string of the molecule is CCOC(=O)C1=CNC(n2ncc3c(C)c(-c4cccc(OC5CC5)c4)c(C)n3c2=O)N=C1. The van der Waals surface area contributed by atoms with Gasteiger partial charge in [0.25, 0.3) is 0 Å². The van der Waals surface area contributed by atoms with E-state index in [-0.39, 0.29) is 17.9 Å². The molecule has 2 aliphatic rings. The van der Waals surface area contributed by atoms with Gasteiger partial charge in [0.05, 0.1) is 30.0 Å². The van der Waals surface area contributed by atoms with Crippen LogP contribution in [0.15, 0.2) is 52.0 Å². The van der Waals surface area contributed by atoms with Gasteiger partial charge in [-0.3, -0.25) is 4.40 Å². The van der Waals surface area contributed by atoms with Gasteiger partial charge in [0.15, 0.2) is 0 Å². The Labute approximate surface area is 190 Å². The number of ether oxygens (including phenoxy) is 2. The van der Waals surface area contributed by atoms with Crippen molar-refractivity contribution in [1.82, 2.24) is 19.5 Å². The van der Waals surface area contributed by atoms with Crippen LogP contribution in [0, 0.1) is 13.8 Å². The van der Waals surface area contributed by atoms with Gasteiger partial charge in [-0.15, -0.1) is 0 Å². The van der Waals surface area contributed by atoms with Gasteiger partial charge in [0.1, 0.15) is 5.75 Å². The lowest BCUT2D eigenvalue weighted by atomic mass is 10.0. The van der Waals surface area contributed by atoms with E-state index in [2.05, 4.69) is 15.4 Å². The highest BCUT2D eigenvalue weighted by atomic mass is 16.5. The third kappa shape index (κ3) is 3.79. The molecule has 3 heterocycles. The van der Waals surface area contributed by atoms with E-state index in [9.17, 15) is 9.59 Å². The molecule has 0 saturated heterocycles. The molecular weight excluding hydrogens is 422 g/mol. The summed E-state index contributed by atoms with van der Waals surface area (Å²) in [6.07, 6.45) is 6.28. The van der Waals surface area contributed by atoms with Crippen molar-refractivity contribution >= 4 is 17.7 Å². The predicted molar refractivity (Wildman–Crippen MR) is 123 cm³/mol. The highest BCUT2D eigenvalue weighted by Crippen LogP contribution is 2.34. The number of fused-ring (bicyclic) bond motifs is 1. The minimum absolute atomic E-state index is 0.273. The molecule has 1 aromatic carbocycles. The van der Waals surface area contributed by atoms with Gasteiger partial charge in [-0.1, -0.05) is 12.1 Å². The number of rotatable bonds is 6. The van der Waals surface area contributed by atoms with Gasteiger partial charge in [0, 0.05) is 23.7 Å². The van der Waals surface area contributed by atoms with Gasteiger partial charge in [0.2, 0.25) is 6.29 Å². The van der Waals surface area contributed by atoms with E-state index in [1.165, 1.54) is 17.1 Å². The quantitative estimate of drug-likeness (QED) is 0.584. The molecule has 1 N–H and O–H groups in total. The van der Waals surface area contributed by atoms with Crippen LogP contribution in [0.4, 0.5) is 0 Å². The summed E-state index contributed by atoms with van der Waals surface area (Å²) in [4.78, 5) is 29.5. The normalized spacial score (nSPS) is 17.5. The van der Waals surface area contributed by atoms with Gasteiger partial charge in [-0.2, -0.15) is 9.78 Å². The first-order chi connectivity index (χ1) is 16.0. The Morgan fingerprint density at radius 2 is 2.09 bits per heavy atom. The number of aryl methyl sites for hydroxylation is 2. The van der Waals surface area contributed by atoms with Crippen LogP contribution < -0.4 is 15.7 Å². The van der Waals surface area contributed by atoms with Crippen LogP contribution in [0.5, 0.6) is 5.75 Å². The molecule has 2 aromatic heterocycles. The van der Waals surface area contributed by atoms with E-state index in [0.717, 1.165) is 46.5 Å². The maximum absolute atomic E-state index is 13.4. The van der Waals surface area contributed by atoms with Crippen LogP contribution in [0.2, 0.25) is 0 Å². The maximum atomic E-state index is 13.4. The maximum Gasteiger partial charge on any atom is 0.352 e. The molecule has 1 atom stereocenters. The molecule has 1 saturated carbocycles. The molecule has 33 heavy (non-hydrogen) atoms. The Morgan fingerprint density at radius 3 is 2.79 bits per heavy atom. The van der Waals surface area contributed by atoms with Crippen LogP contribution in [0.1, 0.15) is 37.3 Å². The minimum Gasteiger partial charge on any atom is -0.490 e. The Morgan fingerprint density at radius 1 is 1.27 bits per heavy atom. The fraction of sp³-hybridized carbons (Fsp3) is 0.333. The fourth-order valence-electron chi connectivity index (χ4n) is 4.08. The van der Waals surface area contributed by atoms with Crippen LogP contribution in [0.3, 0.4) is 0 Å². The molecular formula is C24H25N5O4. The Hall–Kier alpha value is -3.88. The molecule has 0 amide bonds. The number of aliphatic imine (C=N–C) groups is 1. The summed E-state index contributed by atoms with van der Waals surface area (Å²) in [6.45, 7) is 5.92. The highest BCUT2D eigenvalue weighted by molar-refractivity contribution is 6.09. The first kappa shape index (κ1) is 21.0. The monoisotopic (exact) mass is 447 g/mol. The van der Waals surface area contributed by atoms with E-state index >= 15 is 0 Å². The van der Waals surface area contributed by atoms with Gasteiger partial charge in [-0.05, 0) is 56.9 Å². The summed E-state index contributed by atoms with van der Waals surface area (Å²) in [5.41, 5.74) is 4.45. The summed E-state index contributed by atoms with van der Waals surface area (Å²) in [5, 5.41) is 7.29. The fourth-order valence-corrected chi connectivity index (χ4v) is 4.08. The summed E-state index contributed by atoms with van der Waals surface area (Å²) in [7, 11) is 0. The average Bonchev–Trinajstić information content (AvgIpc) is 3.59. The van der Waals surface area contributed by atoms with Crippen molar-refractivity contribution in [1.29, 1.82) is 0 Å². The van der Waals surface area contributed by atoms with E-state index in [1.54, 1.807) is 17.5 Å². The molecule has 0 bridgehead atoms. The van der Waals surface area contributed by atoms with Gasteiger partial charge >= 0.3 is 11.7 Å². The Balaban J connectivity index is 1.51. The number of nitrogens with zero attached hydrogens (tertiary/aromatic N) is 4. The van der Waals surface area contributed by atoms with Crippen molar-refractivity contribution in [3.05, 3.63) is 64.0 Å². The lowest BCUT2D eigenvalue weighted by Crippen LogP contribution is -2.38. The zero-order valence-corrected chi connectivity index (χ0v) is 18.7. The molecule has 1 fully saturated rings. The summed E-state index contributed by atoms with van der Waals surface area (Å²) in [6, 6.07) is 7.98. The molecule has 1 aliphatic heterocycles. The number of carbonyl (C=O) groups excluding carboxylic acids is 1. The average molecular weight is 447 g/mol. The van der Waals surface area contributed by atoms with Crippen molar-refractivity contribution in [2.75, 3.05) is 6.61 Å². The first-order valence-electron chi connectivity index (χ1n) is 11.0. The summed E-state index contributed by atoms with van der Waals surface area (Å²) >= 11 is 0. The first-order valence-corrected chi connectivity index (χ1v) is 11.0. The highest BCUT2D eigenvalue weighted by Gasteiger charge is 2.25. The van der Waals surface area contributed by atoms with Crippen LogP contribution >= 0.6 is 0 Å². The zero-order valence-electron chi connectivity index (χ0n) is 18.7. The number of hydrogen-bond donors (Lipinski definition) is 1. The topological polar surface area (TPSA) is 99.2 Å². The molecule has 9 heteroatoms. The second-order valence-corrected chi connectivity index (χ2v) is 8.16. The van der Waals surface area contributed by atoms with Crippen molar-refractivity contribution in [2.45, 2.75) is 46.0 Å². The van der Waals surface area contributed by atoms with Gasteiger partial charge in [-0.25, -0.2) is 14.6 Å². The molecule has 170 valence electrons. The molecule has 1 unspecified atom stereocenters. The second-order valence-electron chi connectivity index (χ2n) is 8.16. The molecule has 9 nitrogen and oxygen atoms in total. The van der Waals surface area contributed by atoms with E-state index in [1.807, 2.05) is 38.1 Å². The van der Waals surface area contributed by atoms with Gasteiger partial charge < -0.3 is 14.8 Å². The largest absolute Gasteiger partial charge is 0.490 e. The third-order valence-corrected chi connectivity index (χ3v) is 5.82. The lowest BCUT2D eigenvalue weighted by Gasteiger charge is -2.18. The number of aromatic nitrogens is 3. The van der Waals surface area contributed by atoms with E-state index < -0.39 is 12.3 Å². The molecule has 3 aromatic rings. The number of hydrogen-bond acceptors (Lipinski definition) is 7. The van der Waals surface area contributed by atoms with E-state index in [4.69, 9.17) is 9.47 Å². The van der Waals surface area contributed by atoms with Crippen LogP contribution in [-0.2, 0) is 9.53 Å². The second kappa shape index (κ2) is 8.23. The Kier molecular flexibility index (Phi) is 5.24. The summed E-state index contributed by atoms with van der Waals surface area (Å²) < 4.78 is 13.8. The number of benzene rings is 1. The number of esters is 1. The third-order valence-electron chi connectivity index (χ3n) is 5.82. The molecule has 1 aliphatic carbocycles. The number of carbonyl (C=O) groups is 1. The predicted octanol–water partition coefficient (Wildman–Crippen LogP) is 2.90. The number of nitrogens with one attached hydrogen (secondary N) is 1. The van der Waals surface area contributed by atoms with Crippen molar-refractivity contribution in [2.24, 2.45) is 4.99 Å². The van der Waals surface area contributed by atoms with Crippen molar-refractivity contribution in [3.63, 3.8) is 0 Å². The van der Waals surface area contributed by atoms with Crippen LogP contribution in [0.25, 0.3) is 16.6 Å². The standard InChI is InChI=1S/C24H25N5O4/c1-4-32-22(30)17-11-25-23(26-12-17)29-24(31)28-15(3)21(14(2)20(28)13-27-29)16-6-5-7-19(10-16)33-18-8-9-18/h5-7,10-13,18,23,25H,4,8-9H2,1-3H3.